The molecule has 0 radical (unpaired) electrons. The number of sulfonamides is 1. The first-order chi connectivity index (χ1) is 15.8. The first kappa shape index (κ1) is 35.8. The van der Waals surface area contributed by atoms with Crippen molar-refractivity contribution in [2.75, 3.05) is 39.5 Å². The van der Waals surface area contributed by atoms with Gasteiger partial charge in [-0.05, 0) is 0 Å². The maximum atomic E-state index is 13.8. The third-order valence-electron chi connectivity index (χ3n) is 4.58. The van der Waals surface area contributed by atoms with Gasteiger partial charge in [0.1, 0.15) is 12.6 Å². The number of likely N-dealkylation sites (N-methyl/N-ethyl adjacent to an activating group) is 1. The molecule has 0 bridgehead atoms. The molecule has 0 spiro atoms. The molecule has 0 saturated heterocycles. The molecule has 0 saturated carbocycles. The van der Waals surface area contributed by atoms with Crippen molar-refractivity contribution in [1.82, 2.24) is 4.72 Å². The standard InChI is InChI=1S/C14H19F13N2O6S2/c1-29(2,6-8(30)7-36(31,32)33)5-3-4-28-37(34,35)14(26,27)12(21,22)10(17,18)9(15,16)11(19,20)13(23,24)25/h8,28,30H,3-7H2,1-2H3. The summed E-state index contributed by atoms with van der Waals surface area (Å²) in [6.07, 6.45) is -10.1. The molecule has 23 heteroatoms. The number of alkyl halides is 13. The molecule has 37 heavy (non-hydrogen) atoms. The van der Waals surface area contributed by atoms with Crippen molar-refractivity contribution >= 4 is 20.1 Å². The van der Waals surface area contributed by atoms with E-state index in [4.69, 9.17) is 0 Å². The second kappa shape index (κ2) is 10.4. The Kier molecular flexibility index (Phi) is 10.1. The van der Waals surface area contributed by atoms with E-state index in [1.54, 1.807) is 0 Å². The molecule has 0 amide bonds. The molecular weight excluding hydrogens is 603 g/mol. The van der Waals surface area contributed by atoms with Crippen molar-refractivity contribution in [2.24, 2.45) is 0 Å². The van der Waals surface area contributed by atoms with Crippen molar-refractivity contribution in [3.8, 4) is 0 Å². The molecule has 1 unspecified atom stereocenters. The number of aliphatic hydroxyl groups excluding tert-OH is 1. The Labute approximate surface area is 200 Å². The number of aliphatic hydroxyl groups is 1. The monoisotopic (exact) mass is 622 g/mol. The van der Waals surface area contributed by atoms with Crippen molar-refractivity contribution in [2.45, 2.75) is 47.6 Å². The molecular formula is C14H19F13N2O6S2. The summed E-state index contributed by atoms with van der Waals surface area (Å²) < 4.78 is 225. The summed E-state index contributed by atoms with van der Waals surface area (Å²) in [5.74, 6) is -33.8. The van der Waals surface area contributed by atoms with E-state index in [0.29, 0.717) is 4.72 Å². The average Bonchev–Trinajstić information content (AvgIpc) is 2.61. The minimum atomic E-state index is -8.27. The largest absolute Gasteiger partial charge is 0.748 e. The van der Waals surface area contributed by atoms with Crippen LogP contribution in [0, 0.1) is 0 Å². The molecule has 0 aliphatic heterocycles. The van der Waals surface area contributed by atoms with Crippen LogP contribution in [0.15, 0.2) is 0 Å². The Hall–Kier alpha value is -1.17. The minimum Gasteiger partial charge on any atom is -0.748 e. The van der Waals surface area contributed by atoms with Crippen LogP contribution in [-0.4, -0.2) is 112 Å². The van der Waals surface area contributed by atoms with Gasteiger partial charge in [0.15, 0.2) is 0 Å². The predicted octanol–water partition coefficient (Wildman–Crippen LogP) is 1.97. The quantitative estimate of drug-likeness (QED) is 0.132. The Morgan fingerprint density at radius 3 is 1.57 bits per heavy atom. The molecule has 0 aliphatic carbocycles. The van der Waals surface area contributed by atoms with Crippen LogP contribution in [0.1, 0.15) is 6.42 Å². The SMILES string of the molecule is C[N+](C)(CCCNS(=O)(=O)C(F)(F)C(F)(F)C(F)(F)C(F)(F)C(F)(F)C(F)(F)F)CC(O)CS(=O)(=O)[O-]. The zero-order chi connectivity index (χ0) is 30.3. The van der Waals surface area contributed by atoms with Crippen LogP contribution in [-0.2, 0) is 20.1 Å². The highest BCUT2D eigenvalue weighted by molar-refractivity contribution is 7.90. The van der Waals surface area contributed by atoms with E-state index < -0.39 is 97.7 Å². The van der Waals surface area contributed by atoms with Crippen LogP contribution < -0.4 is 4.72 Å². The van der Waals surface area contributed by atoms with Crippen LogP contribution in [0.3, 0.4) is 0 Å². The molecule has 8 nitrogen and oxygen atoms in total. The summed E-state index contributed by atoms with van der Waals surface area (Å²) in [6.45, 7) is -2.31. The number of halogens is 13. The van der Waals surface area contributed by atoms with Gasteiger partial charge in [-0.25, -0.2) is 21.6 Å². The number of hydrogen-bond donors (Lipinski definition) is 2. The predicted molar refractivity (Wildman–Crippen MR) is 94.7 cm³/mol. The normalized spacial score (nSPS) is 16.7. The Morgan fingerprint density at radius 2 is 1.19 bits per heavy atom. The van der Waals surface area contributed by atoms with Crippen LogP contribution in [0.2, 0.25) is 0 Å². The molecule has 2 N–H and O–H groups in total. The molecule has 1 atom stereocenters. The number of rotatable bonds is 14. The molecule has 0 aliphatic rings. The van der Waals surface area contributed by atoms with Crippen LogP contribution >= 0.6 is 0 Å². The fourth-order valence-electron chi connectivity index (χ4n) is 2.68. The first-order valence-electron chi connectivity index (χ1n) is 9.19. The van der Waals surface area contributed by atoms with Crippen molar-refractivity contribution in [3.05, 3.63) is 0 Å². The van der Waals surface area contributed by atoms with Crippen molar-refractivity contribution < 1.29 is 88.1 Å². The fraction of sp³-hybridized carbons (Fsp3) is 1.00. The highest BCUT2D eigenvalue weighted by Gasteiger charge is 2.92. The van der Waals surface area contributed by atoms with Crippen LogP contribution in [0.5, 0.6) is 0 Å². The second-order valence-electron chi connectivity index (χ2n) is 8.28. The van der Waals surface area contributed by atoms with E-state index in [0.717, 1.165) is 0 Å². The van der Waals surface area contributed by atoms with Gasteiger partial charge in [0.05, 0.1) is 36.5 Å². The molecule has 0 aromatic heterocycles. The fourth-order valence-corrected chi connectivity index (χ4v) is 4.31. The third kappa shape index (κ3) is 7.28. The van der Waals surface area contributed by atoms with E-state index >= 15 is 0 Å². The van der Waals surface area contributed by atoms with E-state index in [1.807, 2.05) is 0 Å². The Morgan fingerprint density at radius 1 is 0.784 bits per heavy atom. The molecule has 0 rings (SSSR count). The number of nitrogens with zero attached hydrogens (tertiary/aromatic N) is 1. The Bertz CT molecular complexity index is 1010. The maximum absolute atomic E-state index is 13.8. The van der Waals surface area contributed by atoms with E-state index in [2.05, 4.69) is 0 Å². The summed E-state index contributed by atoms with van der Waals surface area (Å²) in [5.41, 5.74) is 0. The molecule has 0 aromatic rings. The molecule has 0 fully saturated rings. The zero-order valence-electron chi connectivity index (χ0n) is 18.3. The lowest BCUT2D eigenvalue weighted by Crippen LogP contribution is -2.71. The zero-order valence-corrected chi connectivity index (χ0v) is 19.9. The summed E-state index contributed by atoms with van der Waals surface area (Å²) >= 11 is 0. The van der Waals surface area contributed by atoms with Crippen molar-refractivity contribution in [1.29, 1.82) is 0 Å². The topological polar surface area (TPSA) is 124 Å². The molecule has 224 valence electrons. The van der Waals surface area contributed by atoms with E-state index in [1.165, 1.54) is 14.1 Å². The van der Waals surface area contributed by atoms with E-state index in [-0.39, 0.29) is 0 Å². The van der Waals surface area contributed by atoms with Crippen LogP contribution in [0.4, 0.5) is 57.1 Å². The smallest absolute Gasteiger partial charge is 0.460 e. The lowest BCUT2D eigenvalue weighted by atomic mass is 9.98. The maximum Gasteiger partial charge on any atom is 0.460 e. The summed E-state index contributed by atoms with van der Waals surface area (Å²) in [6, 6.07) is 0. The molecule has 0 heterocycles. The lowest BCUT2D eigenvalue weighted by Gasteiger charge is -2.39. The van der Waals surface area contributed by atoms with E-state index in [9.17, 15) is 83.6 Å². The van der Waals surface area contributed by atoms with Gasteiger partial charge in [-0.2, -0.15) is 57.1 Å². The average molecular weight is 622 g/mol. The van der Waals surface area contributed by atoms with Gasteiger partial charge in [-0.3, -0.25) is 0 Å². The first-order valence-corrected chi connectivity index (χ1v) is 12.3. The van der Waals surface area contributed by atoms with Gasteiger partial charge >= 0.3 is 35.1 Å². The number of nitrogens with one attached hydrogen (secondary N) is 1. The van der Waals surface area contributed by atoms with Gasteiger partial charge in [-0.1, -0.05) is 0 Å². The second-order valence-corrected chi connectivity index (χ2v) is 11.5. The minimum absolute atomic E-state index is 0.424. The highest BCUT2D eigenvalue weighted by atomic mass is 32.2. The van der Waals surface area contributed by atoms with Gasteiger partial charge < -0.3 is 14.1 Å². The number of quaternary nitrogens is 1. The lowest BCUT2D eigenvalue weighted by molar-refractivity contribution is -0.893. The van der Waals surface area contributed by atoms with Crippen LogP contribution in [0.25, 0.3) is 0 Å². The van der Waals surface area contributed by atoms with Gasteiger partial charge in [0, 0.05) is 13.0 Å². The number of hydrogen-bond acceptors (Lipinski definition) is 6. The van der Waals surface area contributed by atoms with Gasteiger partial charge in [0.25, 0.3) is 10.0 Å². The van der Waals surface area contributed by atoms with Gasteiger partial charge in [0.2, 0.25) is 0 Å². The highest BCUT2D eigenvalue weighted by Crippen LogP contribution is 2.60. The summed E-state index contributed by atoms with van der Waals surface area (Å²) in [7, 11) is -9.66. The summed E-state index contributed by atoms with van der Waals surface area (Å²) in [4.78, 5) is 0. The Balaban J connectivity index is 5.71. The summed E-state index contributed by atoms with van der Waals surface area (Å²) in [5, 5.41) is 2.14. The van der Waals surface area contributed by atoms with Gasteiger partial charge in [-0.15, -0.1) is 0 Å². The third-order valence-corrected chi connectivity index (χ3v) is 6.88. The molecule has 0 aromatic carbocycles. The van der Waals surface area contributed by atoms with Crippen molar-refractivity contribution in [3.63, 3.8) is 0 Å².